The molecule has 0 aliphatic heterocycles. The van der Waals surface area contributed by atoms with E-state index in [1.165, 1.54) is 14.1 Å². The summed E-state index contributed by atoms with van der Waals surface area (Å²) < 4.78 is 1.89. The molecule has 0 aliphatic rings. The molecule has 35 heavy (non-hydrogen) atoms. The van der Waals surface area contributed by atoms with Crippen molar-refractivity contribution in [3.63, 3.8) is 0 Å². The lowest BCUT2D eigenvalue weighted by molar-refractivity contribution is -0.113. The van der Waals surface area contributed by atoms with Crippen LogP contribution in [-0.2, 0) is 18.9 Å². The van der Waals surface area contributed by atoms with Crippen LogP contribution in [-0.4, -0.2) is 30.9 Å². The first-order valence-corrected chi connectivity index (χ1v) is 12.0. The Balaban J connectivity index is 2.02. The van der Waals surface area contributed by atoms with Crippen LogP contribution in [0.25, 0.3) is 0 Å². The third-order valence-electron chi connectivity index (χ3n) is 5.85. The zero-order valence-electron chi connectivity index (χ0n) is 21.0. The van der Waals surface area contributed by atoms with Gasteiger partial charge in [-0.3, -0.25) is 18.7 Å². The van der Waals surface area contributed by atoms with Gasteiger partial charge in [-0.2, -0.15) is 0 Å². The summed E-state index contributed by atoms with van der Waals surface area (Å²) in [5.41, 5.74) is 4.94. The maximum atomic E-state index is 13.0. The van der Waals surface area contributed by atoms with Gasteiger partial charge in [0.2, 0.25) is 11.8 Å². The number of aromatic hydroxyl groups is 1. The number of nitrogens with zero attached hydrogens (tertiary/aromatic N) is 3. The molecule has 3 rings (SSSR count). The zero-order valence-corrected chi connectivity index (χ0v) is 21.8. The number of carbonyl (C=O) groups excluding carboxylic acids is 1. The highest BCUT2D eigenvalue weighted by Gasteiger charge is 2.22. The van der Waals surface area contributed by atoms with Crippen LogP contribution < -0.4 is 16.6 Å². The van der Waals surface area contributed by atoms with E-state index < -0.39 is 17.1 Å². The maximum Gasteiger partial charge on any atom is 0.333 e. The molecule has 3 aromatic rings. The lowest BCUT2D eigenvalue weighted by Crippen LogP contribution is -2.39. The fraction of sp³-hybridized carbons (Fsp3) is 0.308. The molecule has 2 aromatic carbocycles. The van der Waals surface area contributed by atoms with Gasteiger partial charge in [0.1, 0.15) is 10.6 Å². The monoisotopic (exact) mass is 494 g/mol. The Morgan fingerprint density at radius 3 is 2.17 bits per heavy atom. The van der Waals surface area contributed by atoms with E-state index in [0.717, 1.165) is 54.4 Å². The molecule has 8 nitrogen and oxygen atoms in total. The molecule has 0 saturated heterocycles. The molecule has 0 aliphatic carbocycles. The summed E-state index contributed by atoms with van der Waals surface area (Å²) in [5.74, 6) is -0.834. The molecule has 0 spiro atoms. The number of nitrogens with one attached hydrogen (secondary N) is 1. The number of carbonyl (C=O) groups is 1. The van der Waals surface area contributed by atoms with Crippen LogP contribution >= 0.6 is 11.8 Å². The van der Waals surface area contributed by atoms with Crippen molar-refractivity contribution in [1.29, 1.82) is 0 Å². The van der Waals surface area contributed by atoms with Crippen molar-refractivity contribution >= 4 is 34.1 Å². The van der Waals surface area contributed by atoms with Gasteiger partial charge < -0.3 is 10.4 Å². The van der Waals surface area contributed by atoms with E-state index >= 15 is 0 Å². The van der Waals surface area contributed by atoms with Gasteiger partial charge in [0, 0.05) is 19.8 Å². The van der Waals surface area contributed by atoms with Gasteiger partial charge in [0.25, 0.3) is 5.56 Å². The van der Waals surface area contributed by atoms with Gasteiger partial charge in [-0.1, -0.05) is 35.5 Å². The minimum Gasteiger partial charge on any atom is -0.494 e. The Bertz CT molecular complexity index is 1440. The third kappa shape index (κ3) is 5.57. The van der Waals surface area contributed by atoms with E-state index in [1.54, 1.807) is 6.07 Å². The molecule has 0 unspecified atom stereocenters. The van der Waals surface area contributed by atoms with Crippen LogP contribution in [0.2, 0.25) is 0 Å². The molecule has 1 heterocycles. The van der Waals surface area contributed by atoms with Crippen molar-refractivity contribution in [2.24, 2.45) is 19.1 Å². The Kier molecular flexibility index (Phi) is 7.70. The first-order chi connectivity index (χ1) is 16.4. The predicted octanol–water partition coefficient (Wildman–Crippen LogP) is 3.78. The second-order valence-electron chi connectivity index (χ2n) is 8.70. The number of rotatable bonds is 5. The highest BCUT2D eigenvalue weighted by Crippen LogP contribution is 2.26. The fourth-order valence-electron chi connectivity index (χ4n) is 3.78. The largest absolute Gasteiger partial charge is 0.494 e. The SMILES string of the molecule is Cc1cc(C)c(NC(=O)CSC(=Nc2ccc(C)c(C)c2)c2c(O)n(C)c(=O)n(C)c2=O)c(C)c1. The standard InChI is InChI=1S/C26H30N4O4S/c1-14-10-17(4)22(18(5)11-14)28-20(31)13-35-23(27-19-9-8-15(2)16(3)12-19)21-24(32)29(6)26(34)30(7)25(21)33/h8-12,32H,13H2,1-7H3,(H,28,31). The summed E-state index contributed by atoms with van der Waals surface area (Å²) in [4.78, 5) is 42.7. The Hall–Kier alpha value is -3.59. The van der Waals surface area contributed by atoms with Crippen molar-refractivity contribution in [1.82, 2.24) is 9.13 Å². The zero-order chi connectivity index (χ0) is 26.0. The van der Waals surface area contributed by atoms with E-state index in [9.17, 15) is 19.5 Å². The van der Waals surface area contributed by atoms with Gasteiger partial charge >= 0.3 is 5.69 Å². The summed E-state index contributed by atoms with van der Waals surface area (Å²) in [6.07, 6.45) is 0. The van der Waals surface area contributed by atoms with E-state index in [0.29, 0.717) is 5.69 Å². The summed E-state index contributed by atoms with van der Waals surface area (Å²) in [7, 11) is 2.70. The summed E-state index contributed by atoms with van der Waals surface area (Å²) >= 11 is 1.02. The molecule has 9 heteroatoms. The van der Waals surface area contributed by atoms with E-state index in [-0.39, 0.29) is 22.3 Å². The quantitative estimate of drug-likeness (QED) is 0.415. The summed E-state index contributed by atoms with van der Waals surface area (Å²) in [6.45, 7) is 9.79. The van der Waals surface area contributed by atoms with E-state index in [1.807, 2.05) is 58.9 Å². The normalized spacial score (nSPS) is 11.6. The number of hydrogen-bond donors (Lipinski definition) is 2. The molecule has 0 bridgehead atoms. The van der Waals surface area contributed by atoms with Crippen LogP contribution in [0, 0.1) is 34.6 Å². The minimum absolute atomic E-state index is 0.0537. The second kappa shape index (κ2) is 10.4. The second-order valence-corrected chi connectivity index (χ2v) is 9.66. The lowest BCUT2D eigenvalue weighted by Gasteiger charge is -2.14. The van der Waals surface area contributed by atoms with Crippen molar-refractivity contribution in [3.05, 3.63) is 84.6 Å². The molecule has 0 saturated carbocycles. The molecule has 0 radical (unpaired) electrons. The van der Waals surface area contributed by atoms with Gasteiger partial charge in [0.05, 0.1) is 11.4 Å². The number of anilines is 1. The fourth-order valence-corrected chi connectivity index (χ4v) is 4.61. The van der Waals surface area contributed by atoms with Crippen LogP contribution in [0.1, 0.15) is 33.4 Å². The van der Waals surface area contributed by atoms with Crippen molar-refractivity contribution in [2.45, 2.75) is 34.6 Å². The number of aryl methyl sites for hydroxylation is 5. The van der Waals surface area contributed by atoms with Crippen LogP contribution in [0.3, 0.4) is 0 Å². The lowest BCUT2D eigenvalue weighted by atomic mass is 10.1. The number of amides is 1. The number of thioether (sulfide) groups is 1. The third-order valence-corrected chi connectivity index (χ3v) is 6.83. The molecule has 184 valence electrons. The van der Waals surface area contributed by atoms with Gasteiger partial charge in [-0.15, -0.1) is 0 Å². The number of aliphatic imine (C=N–C) groups is 1. The number of aromatic nitrogens is 2. The van der Waals surface area contributed by atoms with E-state index in [4.69, 9.17) is 0 Å². The Morgan fingerprint density at radius 2 is 1.57 bits per heavy atom. The maximum absolute atomic E-state index is 13.0. The molecular formula is C26H30N4O4S. The first kappa shape index (κ1) is 26.0. The molecule has 1 amide bonds. The number of hydrogen-bond acceptors (Lipinski definition) is 6. The molecule has 0 atom stereocenters. The summed E-state index contributed by atoms with van der Waals surface area (Å²) in [5, 5.41) is 13.8. The summed E-state index contributed by atoms with van der Waals surface area (Å²) in [6, 6.07) is 9.55. The average molecular weight is 495 g/mol. The molecule has 2 N–H and O–H groups in total. The van der Waals surface area contributed by atoms with Gasteiger partial charge in [0.15, 0.2) is 0 Å². The van der Waals surface area contributed by atoms with Crippen LogP contribution in [0.15, 0.2) is 44.9 Å². The molecule has 0 fully saturated rings. The highest BCUT2D eigenvalue weighted by atomic mass is 32.2. The van der Waals surface area contributed by atoms with Crippen molar-refractivity contribution in [3.8, 4) is 5.88 Å². The van der Waals surface area contributed by atoms with Crippen LogP contribution in [0.5, 0.6) is 5.88 Å². The van der Waals surface area contributed by atoms with E-state index in [2.05, 4.69) is 10.3 Å². The minimum atomic E-state index is -0.689. The highest BCUT2D eigenvalue weighted by molar-refractivity contribution is 8.15. The topological polar surface area (TPSA) is 106 Å². The predicted molar refractivity (Wildman–Crippen MR) is 142 cm³/mol. The number of benzene rings is 2. The van der Waals surface area contributed by atoms with Crippen molar-refractivity contribution in [2.75, 3.05) is 11.1 Å². The Morgan fingerprint density at radius 1 is 0.943 bits per heavy atom. The van der Waals surface area contributed by atoms with Crippen LogP contribution in [0.4, 0.5) is 11.4 Å². The Labute approximate surface area is 208 Å². The smallest absolute Gasteiger partial charge is 0.333 e. The van der Waals surface area contributed by atoms with Gasteiger partial charge in [-0.05, 0) is 69.0 Å². The molecule has 1 aromatic heterocycles. The molecular weight excluding hydrogens is 464 g/mol. The first-order valence-electron chi connectivity index (χ1n) is 11.1. The average Bonchev–Trinajstić information content (AvgIpc) is 2.79. The van der Waals surface area contributed by atoms with Crippen molar-refractivity contribution < 1.29 is 9.90 Å². The van der Waals surface area contributed by atoms with Gasteiger partial charge in [-0.25, -0.2) is 9.79 Å².